The number of hydrogen-bond acceptors (Lipinski definition) is 4. The van der Waals surface area contributed by atoms with Crippen molar-refractivity contribution in [2.45, 2.75) is 33.6 Å². The quantitative estimate of drug-likeness (QED) is 0.550. The van der Waals surface area contributed by atoms with Gasteiger partial charge in [0.25, 0.3) is 0 Å². The van der Waals surface area contributed by atoms with Crippen LogP contribution in [0.5, 0.6) is 5.75 Å². The van der Waals surface area contributed by atoms with E-state index in [0.717, 1.165) is 11.1 Å². The van der Waals surface area contributed by atoms with Crippen molar-refractivity contribution < 1.29 is 14.7 Å². The Morgan fingerprint density at radius 1 is 1.00 bits per heavy atom. The lowest BCUT2D eigenvalue weighted by atomic mass is 10.1. The summed E-state index contributed by atoms with van der Waals surface area (Å²) < 4.78 is 0. The minimum atomic E-state index is -0.366. The highest BCUT2D eigenvalue weighted by Gasteiger charge is 2.08. The molecule has 0 atom stereocenters. The van der Waals surface area contributed by atoms with Crippen LogP contribution < -0.4 is 10.7 Å². The van der Waals surface area contributed by atoms with Crippen LogP contribution in [0.2, 0.25) is 0 Å². The number of aryl methyl sites for hydroxylation is 2. The molecule has 0 bridgehead atoms. The second-order valence-corrected chi connectivity index (χ2v) is 6.10. The van der Waals surface area contributed by atoms with Gasteiger partial charge in [-0.25, -0.2) is 5.43 Å². The molecule has 0 saturated carbocycles. The molecule has 0 radical (unpaired) electrons. The second-order valence-electron chi connectivity index (χ2n) is 6.10. The van der Waals surface area contributed by atoms with Gasteiger partial charge in [0, 0.05) is 24.1 Å². The molecular weight excluding hydrogens is 330 g/mol. The summed E-state index contributed by atoms with van der Waals surface area (Å²) in [4.78, 5) is 23.8. The van der Waals surface area contributed by atoms with E-state index in [0.29, 0.717) is 17.0 Å². The van der Waals surface area contributed by atoms with Crippen LogP contribution >= 0.6 is 0 Å². The molecule has 26 heavy (non-hydrogen) atoms. The average molecular weight is 353 g/mol. The number of nitrogens with one attached hydrogen (secondary N) is 2. The second kappa shape index (κ2) is 8.80. The number of hydrazone groups is 1. The first-order valence-electron chi connectivity index (χ1n) is 8.35. The predicted molar refractivity (Wildman–Crippen MR) is 102 cm³/mol. The Hall–Kier alpha value is -3.15. The highest BCUT2D eigenvalue weighted by molar-refractivity contribution is 6.01. The van der Waals surface area contributed by atoms with E-state index < -0.39 is 0 Å². The lowest BCUT2D eigenvalue weighted by molar-refractivity contribution is -0.124. The van der Waals surface area contributed by atoms with E-state index >= 15 is 0 Å². The smallest absolute Gasteiger partial charge is 0.240 e. The normalized spacial score (nSPS) is 11.1. The summed E-state index contributed by atoms with van der Waals surface area (Å²) in [5, 5.41) is 16.5. The maximum Gasteiger partial charge on any atom is 0.240 e. The standard InChI is InChI=1S/C20H23N3O3/c1-13-8-9-16(12-14(13)2)21-19(25)10-11-20(26)23-22-15(3)17-6-4-5-7-18(17)24/h4-9,12,24H,10-11H2,1-3H3,(H,21,25)(H,23,26). The number of carbonyl (C=O) groups is 2. The maximum atomic E-state index is 12.0. The number of phenolic OH excluding ortho intramolecular Hbond substituents is 1. The van der Waals surface area contributed by atoms with Gasteiger partial charge in [-0.15, -0.1) is 0 Å². The van der Waals surface area contributed by atoms with Crippen molar-refractivity contribution in [2.75, 3.05) is 5.32 Å². The SMILES string of the molecule is CC(=NNC(=O)CCC(=O)Nc1ccc(C)c(C)c1)c1ccccc1O. The molecule has 2 aromatic rings. The topological polar surface area (TPSA) is 90.8 Å². The number of aromatic hydroxyl groups is 1. The Labute approximate surface area is 152 Å². The van der Waals surface area contributed by atoms with Gasteiger partial charge >= 0.3 is 0 Å². The van der Waals surface area contributed by atoms with Crippen molar-refractivity contribution >= 4 is 23.2 Å². The number of anilines is 1. The molecule has 0 fully saturated rings. The van der Waals surface area contributed by atoms with Gasteiger partial charge in [0.1, 0.15) is 5.75 Å². The summed E-state index contributed by atoms with van der Waals surface area (Å²) in [5.41, 5.74) is 6.39. The highest BCUT2D eigenvalue weighted by atomic mass is 16.3. The summed E-state index contributed by atoms with van der Waals surface area (Å²) in [7, 11) is 0. The molecule has 136 valence electrons. The fourth-order valence-electron chi connectivity index (χ4n) is 2.31. The summed E-state index contributed by atoms with van der Waals surface area (Å²) in [6.07, 6.45) is 0.0815. The van der Waals surface area contributed by atoms with Crippen LogP contribution in [0.4, 0.5) is 5.69 Å². The van der Waals surface area contributed by atoms with Gasteiger partial charge < -0.3 is 10.4 Å². The third kappa shape index (κ3) is 5.44. The lowest BCUT2D eigenvalue weighted by Gasteiger charge is -2.08. The molecule has 0 aromatic heterocycles. The van der Waals surface area contributed by atoms with Gasteiger partial charge in [-0.3, -0.25) is 9.59 Å². The summed E-state index contributed by atoms with van der Waals surface area (Å²) in [6, 6.07) is 12.4. The zero-order valence-corrected chi connectivity index (χ0v) is 15.2. The van der Waals surface area contributed by atoms with Crippen LogP contribution in [-0.4, -0.2) is 22.6 Å². The zero-order valence-electron chi connectivity index (χ0n) is 15.2. The third-order valence-electron chi connectivity index (χ3n) is 4.01. The van der Waals surface area contributed by atoms with Crippen molar-refractivity contribution in [3.8, 4) is 5.75 Å². The Morgan fingerprint density at radius 3 is 2.38 bits per heavy atom. The zero-order chi connectivity index (χ0) is 19.1. The maximum absolute atomic E-state index is 12.0. The van der Waals surface area contributed by atoms with Gasteiger partial charge in [-0.2, -0.15) is 5.10 Å². The van der Waals surface area contributed by atoms with Gasteiger partial charge in [0.05, 0.1) is 5.71 Å². The number of rotatable bonds is 6. The Bertz CT molecular complexity index is 844. The van der Waals surface area contributed by atoms with Crippen LogP contribution in [0.15, 0.2) is 47.6 Å². The summed E-state index contributed by atoms with van der Waals surface area (Å²) in [6.45, 7) is 5.66. The van der Waals surface area contributed by atoms with Crippen molar-refractivity contribution in [2.24, 2.45) is 5.10 Å². The van der Waals surface area contributed by atoms with E-state index in [1.807, 2.05) is 32.0 Å². The molecule has 6 nitrogen and oxygen atoms in total. The van der Waals surface area contributed by atoms with Crippen LogP contribution in [0.1, 0.15) is 36.5 Å². The summed E-state index contributed by atoms with van der Waals surface area (Å²) >= 11 is 0. The number of carbonyl (C=O) groups excluding carboxylic acids is 2. The minimum Gasteiger partial charge on any atom is -0.507 e. The molecule has 0 unspecified atom stereocenters. The Morgan fingerprint density at radius 2 is 1.69 bits per heavy atom. The van der Waals surface area contributed by atoms with E-state index in [1.165, 1.54) is 0 Å². The largest absolute Gasteiger partial charge is 0.507 e. The molecule has 0 spiro atoms. The average Bonchev–Trinajstić information content (AvgIpc) is 2.61. The van der Waals surface area contributed by atoms with Gasteiger partial charge in [-0.1, -0.05) is 18.2 Å². The van der Waals surface area contributed by atoms with Gasteiger partial charge in [0.15, 0.2) is 0 Å². The molecule has 2 amide bonds. The van der Waals surface area contributed by atoms with E-state index in [9.17, 15) is 14.7 Å². The molecule has 0 aliphatic carbocycles. The number of hydrogen-bond donors (Lipinski definition) is 3. The molecule has 0 heterocycles. The fourth-order valence-corrected chi connectivity index (χ4v) is 2.31. The first-order valence-corrected chi connectivity index (χ1v) is 8.35. The molecule has 3 N–H and O–H groups in total. The molecular formula is C20H23N3O3. The first-order chi connectivity index (χ1) is 12.4. The number of para-hydroxylation sites is 1. The minimum absolute atomic E-state index is 0.0221. The fraction of sp³-hybridized carbons (Fsp3) is 0.250. The third-order valence-corrected chi connectivity index (χ3v) is 4.01. The van der Waals surface area contributed by atoms with Crippen molar-refractivity contribution in [3.05, 3.63) is 59.2 Å². The van der Waals surface area contributed by atoms with E-state index in [1.54, 1.807) is 31.2 Å². The van der Waals surface area contributed by atoms with Gasteiger partial charge in [-0.05, 0) is 56.2 Å². The van der Waals surface area contributed by atoms with Crippen LogP contribution in [-0.2, 0) is 9.59 Å². The van der Waals surface area contributed by atoms with Crippen LogP contribution in [0, 0.1) is 13.8 Å². The number of nitrogens with zero attached hydrogens (tertiary/aromatic N) is 1. The monoisotopic (exact) mass is 353 g/mol. The Kier molecular flexibility index (Phi) is 6.49. The molecule has 0 aliphatic heterocycles. The summed E-state index contributed by atoms with van der Waals surface area (Å²) in [5.74, 6) is -0.504. The van der Waals surface area contributed by atoms with E-state index in [2.05, 4.69) is 15.8 Å². The Balaban J connectivity index is 1.82. The molecule has 0 aliphatic rings. The van der Waals surface area contributed by atoms with Crippen LogP contribution in [0.3, 0.4) is 0 Å². The lowest BCUT2D eigenvalue weighted by Crippen LogP contribution is -2.21. The van der Waals surface area contributed by atoms with Gasteiger partial charge in [0.2, 0.25) is 11.8 Å². The predicted octanol–water partition coefficient (Wildman–Crippen LogP) is 3.27. The highest BCUT2D eigenvalue weighted by Crippen LogP contribution is 2.16. The molecule has 2 rings (SSSR count). The molecule has 6 heteroatoms. The van der Waals surface area contributed by atoms with E-state index in [-0.39, 0.29) is 30.4 Å². The van der Waals surface area contributed by atoms with Crippen LogP contribution in [0.25, 0.3) is 0 Å². The first kappa shape index (κ1) is 19.2. The van der Waals surface area contributed by atoms with Crippen molar-refractivity contribution in [3.63, 3.8) is 0 Å². The number of phenols is 1. The van der Waals surface area contributed by atoms with Crippen molar-refractivity contribution in [1.82, 2.24) is 5.43 Å². The van der Waals surface area contributed by atoms with E-state index in [4.69, 9.17) is 0 Å². The number of amides is 2. The molecule has 0 saturated heterocycles. The molecule has 2 aromatic carbocycles. The van der Waals surface area contributed by atoms with Crippen molar-refractivity contribution in [1.29, 1.82) is 0 Å². The number of benzene rings is 2.